The number of alkyl halides is 1. The third-order valence-electron chi connectivity index (χ3n) is 6.09. The minimum absolute atomic E-state index is 0.657. The lowest BCUT2D eigenvalue weighted by atomic mass is 9.75. The predicted octanol–water partition coefficient (Wildman–Crippen LogP) is 8.90. The summed E-state index contributed by atoms with van der Waals surface area (Å²) in [6.45, 7) is 7.14. The predicted molar refractivity (Wildman–Crippen MR) is 109 cm³/mol. The molecule has 0 saturated carbocycles. The maximum absolute atomic E-state index is 5.69. The van der Waals surface area contributed by atoms with Gasteiger partial charge in [0.1, 0.15) is 0 Å². The van der Waals surface area contributed by atoms with Gasteiger partial charge in [0.15, 0.2) is 0 Å². The Balaban J connectivity index is 3.25. The third-order valence-corrected chi connectivity index (χ3v) is 6.36. The molecule has 1 heteroatoms. The molecule has 0 aliphatic heterocycles. The molecule has 0 saturated heterocycles. The first-order chi connectivity index (χ1) is 11.2. The van der Waals surface area contributed by atoms with Gasteiger partial charge in [0.25, 0.3) is 0 Å². The van der Waals surface area contributed by atoms with E-state index in [4.69, 9.17) is 11.6 Å². The van der Waals surface area contributed by atoms with Gasteiger partial charge in [-0.3, -0.25) is 0 Å². The molecule has 0 fully saturated rings. The SMILES string of the molecule is CCC(CC)(CC)CCCCCCCCCCCCCCCCl. The first-order valence-electron chi connectivity index (χ1n) is 10.8. The van der Waals surface area contributed by atoms with Crippen LogP contribution >= 0.6 is 11.6 Å². The van der Waals surface area contributed by atoms with Gasteiger partial charge in [-0.05, 0) is 18.3 Å². The molecule has 23 heavy (non-hydrogen) atoms. The van der Waals surface area contributed by atoms with Gasteiger partial charge in [-0.15, -0.1) is 11.6 Å². The summed E-state index contributed by atoms with van der Waals surface area (Å²) in [6, 6.07) is 0. The quantitative estimate of drug-likeness (QED) is 0.172. The van der Waals surface area contributed by atoms with Crippen molar-refractivity contribution >= 4 is 11.6 Å². The maximum Gasteiger partial charge on any atom is 0.0223 e. The Morgan fingerprint density at radius 3 is 1.09 bits per heavy atom. The smallest absolute Gasteiger partial charge is 0.0223 e. The van der Waals surface area contributed by atoms with E-state index in [2.05, 4.69) is 20.8 Å². The Kier molecular flexibility index (Phi) is 17.3. The molecule has 0 radical (unpaired) electrons. The van der Waals surface area contributed by atoms with E-state index in [1.807, 2.05) is 0 Å². The van der Waals surface area contributed by atoms with Crippen molar-refractivity contribution in [3.63, 3.8) is 0 Å². The molecule has 0 heterocycles. The fourth-order valence-corrected chi connectivity index (χ4v) is 4.01. The Morgan fingerprint density at radius 2 is 0.783 bits per heavy atom. The lowest BCUT2D eigenvalue weighted by Gasteiger charge is -2.30. The highest BCUT2D eigenvalue weighted by atomic mass is 35.5. The van der Waals surface area contributed by atoms with E-state index in [1.165, 1.54) is 109 Å². The highest BCUT2D eigenvalue weighted by molar-refractivity contribution is 6.17. The van der Waals surface area contributed by atoms with Crippen LogP contribution in [-0.4, -0.2) is 5.88 Å². The first-order valence-corrected chi connectivity index (χ1v) is 11.3. The van der Waals surface area contributed by atoms with Gasteiger partial charge < -0.3 is 0 Å². The molecule has 0 amide bonds. The summed E-state index contributed by atoms with van der Waals surface area (Å²) in [5.74, 6) is 0.844. The van der Waals surface area contributed by atoms with Crippen LogP contribution in [0.3, 0.4) is 0 Å². The molecule has 0 aromatic heterocycles. The van der Waals surface area contributed by atoms with E-state index in [0.717, 1.165) is 5.88 Å². The normalized spacial score (nSPS) is 12.0. The zero-order chi connectivity index (χ0) is 17.2. The second-order valence-corrected chi connectivity index (χ2v) is 7.97. The summed E-state index contributed by atoms with van der Waals surface area (Å²) >= 11 is 5.69. The molecule has 0 nitrogen and oxygen atoms in total. The van der Waals surface area contributed by atoms with E-state index in [9.17, 15) is 0 Å². The van der Waals surface area contributed by atoms with Gasteiger partial charge >= 0.3 is 0 Å². The van der Waals surface area contributed by atoms with Gasteiger partial charge in [0, 0.05) is 5.88 Å². The molecule has 0 unspecified atom stereocenters. The molecule has 0 atom stereocenters. The van der Waals surface area contributed by atoms with Crippen LogP contribution in [0.2, 0.25) is 0 Å². The van der Waals surface area contributed by atoms with Crippen molar-refractivity contribution in [1.29, 1.82) is 0 Å². The lowest BCUT2D eigenvalue weighted by Crippen LogP contribution is -2.17. The fourth-order valence-electron chi connectivity index (χ4n) is 3.82. The maximum atomic E-state index is 5.69. The molecule has 0 aromatic rings. The molecule has 0 N–H and O–H groups in total. The highest BCUT2D eigenvalue weighted by Crippen LogP contribution is 2.36. The van der Waals surface area contributed by atoms with Gasteiger partial charge in [-0.2, -0.15) is 0 Å². The van der Waals surface area contributed by atoms with E-state index >= 15 is 0 Å². The molecule has 0 aliphatic rings. The second-order valence-electron chi connectivity index (χ2n) is 7.60. The summed E-state index contributed by atoms with van der Waals surface area (Å²) < 4.78 is 0. The average Bonchev–Trinajstić information content (AvgIpc) is 2.59. The molecule has 140 valence electrons. The van der Waals surface area contributed by atoms with Crippen LogP contribution in [0.5, 0.6) is 0 Å². The standard InChI is InChI=1S/C22H45Cl/c1-4-22(5-2,6-3)20-18-16-14-12-10-8-7-9-11-13-15-17-19-21-23/h4-21H2,1-3H3. The van der Waals surface area contributed by atoms with Gasteiger partial charge in [-0.25, -0.2) is 0 Å². The van der Waals surface area contributed by atoms with Crippen LogP contribution in [0.15, 0.2) is 0 Å². The average molecular weight is 345 g/mol. The van der Waals surface area contributed by atoms with Crippen LogP contribution < -0.4 is 0 Å². The Labute approximate surface area is 153 Å². The van der Waals surface area contributed by atoms with Crippen molar-refractivity contribution in [3.8, 4) is 0 Å². The minimum atomic E-state index is 0.657. The Bertz CT molecular complexity index is 212. The van der Waals surface area contributed by atoms with E-state index < -0.39 is 0 Å². The third kappa shape index (κ3) is 13.3. The summed E-state index contributed by atoms with van der Waals surface area (Å²) in [5, 5.41) is 0. The zero-order valence-corrected chi connectivity index (χ0v) is 17.4. The van der Waals surface area contributed by atoms with Crippen molar-refractivity contribution in [2.24, 2.45) is 5.41 Å². The Hall–Kier alpha value is 0.290. The van der Waals surface area contributed by atoms with Gasteiger partial charge in [0.05, 0.1) is 0 Å². The van der Waals surface area contributed by atoms with Crippen LogP contribution in [0.4, 0.5) is 0 Å². The molecule has 0 spiro atoms. The molecular formula is C22H45Cl. The topological polar surface area (TPSA) is 0 Å². The second kappa shape index (κ2) is 17.1. The van der Waals surface area contributed by atoms with Crippen molar-refractivity contribution in [2.75, 3.05) is 5.88 Å². The van der Waals surface area contributed by atoms with E-state index in [1.54, 1.807) is 0 Å². The van der Waals surface area contributed by atoms with Crippen LogP contribution in [0, 0.1) is 5.41 Å². The molecule has 0 aromatic carbocycles. The summed E-state index contributed by atoms with van der Waals surface area (Å²) in [4.78, 5) is 0. The number of rotatable bonds is 18. The molecular weight excluding hydrogens is 300 g/mol. The minimum Gasteiger partial charge on any atom is -0.127 e. The first kappa shape index (κ1) is 23.3. The summed E-state index contributed by atoms with van der Waals surface area (Å²) in [7, 11) is 0. The highest BCUT2D eigenvalue weighted by Gasteiger charge is 2.22. The van der Waals surface area contributed by atoms with Crippen molar-refractivity contribution in [1.82, 2.24) is 0 Å². The van der Waals surface area contributed by atoms with E-state index in [-0.39, 0.29) is 0 Å². The number of hydrogen-bond donors (Lipinski definition) is 0. The monoisotopic (exact) mass is 344 g/mol. The summed E-state index contributed by atoms with van der Waals surface area (Å²) in [6.07, 6.45) is 24.0. The fraction of sp³-hybridized carbons (Fsp3) is 1.00. The van der Waals surface area contributed by atoms with Gasteiger partial charge in [-0.1, -0.05) is 117 Å². The van der Waals surface area contributed by atoms with Crippen LogP contribution in [0.1, 0.15) is 130 Å². The Morgan fingerprint density at radius 1 is 0.478 bits per heavy atom. The molecule has 0 aliphatic carbocycles. The summed E-state index contributed by atoms with van der Waals surface area (Å²) in [5.41, 5.74) is 0.657. The van der Waals surface area contributed by atoms with Gasteiger partial charge in [0.2, 0.25) is 0 Å². The number of unbranched alkanes of at least 4 members (excludes halogenated alkanes) is 12. The number of hydrogen-bond acceptors (Lipinski definition) is 0. The lowest BCUT2D eigenvalue weighted by molar-refractivity contribution is 0.220. The molecule has 0 bridgehead atoms. The van der Waals surface area contributed by atoms with Crippen LogP contribution in [-0.2, 0) is 0 Å². The van der Waals surface area contributed by atoms with Crippen molar-refractivity contribution in [3.05, 3.63) is 0 Å². The van der Waals surface area contributed by atoms with Crippen molar-refractivity contribution < 1.29 is 0 Å². The number of halogens is 1. The zero-order valence-electron chi connectivity index (χ0n) is 16.6. The van der Waals surface area contributed by atoms with E-state index in [0.29, 0.717) is 5.41 Å². The van der Waals surface area contributed by atoms with Crippen molar-refractivity contribution in [2.45, 2.75) is 130 Å². The van der Waals surface area contributed by atoms with Crippen LogP contribution in [0.25, 0.3) is 0 Å². The largest absolute Gasteiger partial charge is 0.127 e. The molecule has 0 rings (SSSR count).